The van der Waals surface area contributed by atoms with Gasteiger partial charge in [-0.15, -0.1) is 0 Å². The first-order valence-corrected chi connectivity index (χ1v) is 12.9. The summed E-state index contributed by atoms with van der Waals surface area (Å²) >= 11 is 0. The summed E-state index contributed by atoms with van der Waals surface area (Å²) in [6.45, 7) is 6.08. The molecule has 0 spiro atoms. The van der Waals surface area contributed by atoms with Crippen molar-refractivity contribution in [1.82, 2.24) is 15.0 Å². The van der Waals surface area contributed by atoms with Crippen LogP contribution in [0.2, 0.25) is 0 Å². The molecule has 1 aromatic heterocycles. The fourth-order valence-electron chi connectivity index (χ4n) is 5.63. The van der Waals surface area contributed by atoms with Crippen LogP contribution in [-0.4, -0.2) is 46.8 Å². The summed E-state index contributed by atoms with van der Waals surface area (Å²) < 4.78 is 0. The van der Waals surface area contributed by atoms with Crippen molar-refractivity contribution in [2.75, 3.05) is 41.4 Å². The molecule has 0 amide bonds. The van der Waals surface area contributed by atoms with Gasteiger partial charge in [0.1, 0.15) is 0 Å². The molecule has 1 aliphatic carbocycles. The lowest BCUT2D eigenvalue weighted by atomic mass is 9.98. The van der Waals surface area contributed by atoms with Crippen molar-refractivity contribution in [2.24, 2.45) is 5.10 Å². The van der Waals surface area contributed by atoms with E-state index in [-0.39, 0.29) is 0 Å². The van der Waals surface area contributed by atoms with E-state index in [0.717, 1.165) is 62.2 Å². The Labute approximate surface area is 201 Å². The molecule has 3 aliphatic rings. The molecule has 2 saturated heterocycles. The molecule has 2 aliphatic heterocycles. The number of benzene rings is 2. The van der Waals surface area contributed by atoms with E-state index in [2.05, 4.69) is 52.5 Å². The van der Waals surface area contributed by atoms with E-state index < -0.39 is 0 Å². The Balaban J connectivity index is 1.32. The van der Waals surface area contributed by atoms with Crippen LogP contribution in [0.25, 0.3) is 10.8 Å². The van der Waals surface area contributed by atoms with Gasteiger partial charge in [-0.3, -0.25) is 0 Å². The number of nitrogens with zero attached hydrogens (tertiary/aromatic N) is 6. The van der Waals surface area contributed by atoms with Crippen molar-refractivity contribution in [3.8, 4) is 0 Å². The summed E-state index contributed by atoms with van der Waals surface area (Å²) in [6, 6.07) is 11.1. The molecule has 0 atom stereocenters. The quantitative estimate of drug-likeness (QED) is 0.434. The van der Waals surface area contributed by atoms with Crippen molar-refractivity contribution in [1.29, 1.82) is 0 Å². The van der Waals surface area contributed by atoms with Crippen LogP contribution < -0.4 is 15.2 Å². The molecule has 0 saturated carbocycles. The minimum atomic E-state index is 0.529. The topological polar surface area (TPSA) is 69.5 Å². The summed E-state index contributed by atoms with van der Waals surface area (Å²) in [6.07, 6.45) is 9.59. The highest BCUT2D eigenvalue weighted by Crippen LogP contribution is 2.33. The number of anilines is 3. The number of hydrogen-bond donors (Lipinski definition) is 1. The van der Waals surface area contributed by atoms with E-state index >= 15 is 0 Å². The van der Waals surface area contributed by atoms with Crippen LogP contribution in [0.5, 0.6) is 0 Å². The third-order valence-corrected chi connectivity index (χ3v) is 7.48. The van der Waals surface area contributed by atoms with E-state index in [0.29, 0.717) is 5.95 Å². The molecule has 7 heteroatoms. The summed E-state index contributed by atoms with van der Waals surface area (Å²) in [5.74, 6) is 2.08. The molecule has 3 heterocycles. The Bertz CT molecular complexity index is 1180. The molecule has 0 unspecified atom stereocenters. The van der Waals surface area contributed by atoms with Crippen LogP contribution in [-0.2, 0) is 12.8 Å². The van der Waals surface area contributed by atoms with E-state index in [9.17, 15) is 0 Å². The normalized spacial score (nSPS) is 18.6. The van der Waals surface area contributed by atoms with Gasteiger partial charge in [0.15, 0.2) is 0 Å². The van der Waals surface area contributed by atoms with Crippen LogP contribution in [0, 0.1) is 0 Å². The molecular formula is C27H33N7. The molecule has 2 aromatic carbocycles. The lowest BCUT2D eigenvalue weighted by Crippen LogP contribution is -2.34. The van der Waals surface area contributed by atoms with Crippen molar-refractivity contribution < 1.29 is 0 Å². The van der Waals surface area contributed by atoms with E-state index in [4.69, 9.17) is 20.1 Å². The van der Waals surface area contributed by atoms with Crippen molar-refractivity contribution in [3.63, 3.8) is 0 Å². The standard InChI is InChI=1S/C27H33N7/c1-19(22-14-13-21-12-11-20-9-8-10-23(22)24(20)21)31-32-25-28-26(33-15-4-2-5-16-33)30-27(29-25)34-17-6-3-7-18-34/h8-10,13-14H,2-7,11-12,15-18H2,1H3,(H,28,29,30,32)/b31-19-. The first-order chi connectivity index (χ1) is 16.8. The maximum absolute atomic E-state index is 4.87. The van der Waals surface area contributed by atoms with E-state index in [1.54, 1.807) is 0 Å². The minimum absolute atomic E-state index is 0.529. The fraction of sp³-hybridized carbons (Fsp3) is 0.481. The lowest BCUT2D eigenvalue weighted by molar-refractivity contribution is 0.556. The third kappa shape index (κ3) is 4.08. The van der Waals surface area contributed by atoms with E-state index in [1.807, 2.05) is 0 Å². The minimum Gasteiger partial charge on any atom is -0.341 e. The zero-order chi connectivity index (χ0) is 22.9. The van der Waals surface area contributed by atoms with Gasteiger partial charge >= 0.3 is 0 Å². The third-order valence-electron chi connectivity index (χ3n) is 7.48. The maximum Gasteiger partial charge on any atom is 0.250 e. The summed E-state index contributed by atoms with van der Waals surface area (Å²) in [5, 5.41) is 7.44. The zero-order valence-corrected chi connectivity index (χ0v) is 20.1. The average molecular weight is 456 g/mol. The summed E-state index contributed by atoms with van der Waals surface area (Å²) in [7, 11) is 0. The maximum atomic E-state index is 4.87. The Hall–Kier alpha value is -3.22. The van der Waals surface area contributed by atoms with Crippen molar-refractivity contribution in [2.45, 2.75) is 58.3 Å². The van der Waals surface area contributed by atoms with Gasteiger partial charge in [-0.25, -0.2) is 5.43 Å². The van der Waals surface area contributed by atoms with Gasteiger partial charge in [0.05, 0.1) is 5.71 Å². The fourth-order valence-corrected chi connectivity index (χ4v) is 5.63. The second kappa shape index (κ2) is 9.20. The number of aromatic nitrogens is 3. The first kappa shape index (κ1) is 21.3. The Kier molecular flexibility index (Phi) is 5.77. The van der Waals surface area contributed by atoms with Gasteiger partial charge in [0.25, 0.3) is 0 Å². The zero-order valence-electron chi connectivity index (χ0n) is 20.1. The van der Waals surface area contributed by atoms with Gasteiger partial charge in [-0.05, 0) is 80.2 Å². The molecule has 0 radical (unpaired) electrons. The van der Waals surface area contributed by atoms with Gasteiger partial charge in [-0.2, -0.15) is 20.1 Å². The molecule has 0 bridgehead atoms. The number of piperidine rings is 2. The number of hydrazone groups is 1. The molecule has 6 rings (SSSR count). The summed E-state index contributed by atoms with van der Waals surface area (Å²) in [4.78, 5) is 19.0. The largest absolute Gasteiger partial charge is 0.341 e. The molecule has 176 valence electrons. The van der Waals surface area contributed by atoms with Crippen molar-refractivity contribution in [3.05, 3.63) is 47.0 Å². The molecule has 3 aromatic rings. The van der Waals surface area contributed by atoms with Gasteiger partial charge in [0.2, 0.25) is 17.8 Å². The smallest absolute Gasteiger partial charge is 0.250 e. The van der Waals surface area contributed by atoms with Crippen LogP contribution in [0.3, 0.4) is 0 Å². The lowest BCUT2D eigenvalue weighted by Gasteiger charge is -2.30. The Morgan fingerprint density at radius 2 is 1.38 bits per heavy atom. The second-order valence-corrected chi connectivity index (χ2v) is 9.78. The monoisotopic (exact) mass is 455 g/mol. The summed E-state index contributed by atoms with van der Waals surface area (Å²) in [5.41, 5.74) is 8.19. The number of nitrogens with one attached hydrogen (secondary N) is 1. The van der Waals surface area contributed by atoms with Gasteiger partial charge in [-0.1, -0.05) is 30.3 Å². The molecular weight excluding hydrogens is 422 g/mol. The van der Waals surface area contributed by atoms with Gasteiger partial charge in [0, 0.05) is 31.7 Å². The Morgan fingerprint density at radius 1 is 0.765 bits per heavy atom. The predicted molar refractivity (Wildman–Crippen MR) is 139 cm³/mol. The van der Waals surface area contributed by atoms with Crippen LogP contribution in [0.4, 0.5) is 17.8 Å². The number of aryl methyl sites for hydroxylation is 2. The van der Waals surface area contributed by atoms with Crippen LogP contribution in [0.1, 0.15) is 62.1 Å². The predicted octanol–water partition coefficient (Wildman–Crippen LogP) is 4.94. The van der Waals surface area contributed by atoms with Crippen LogP contribution >= 0.6 is 0 Å². The van der Waals surface area contributed by atoms with Gasteiger partial charge < -0.3 is 9.80 Å². The van der Waals surface area contributed by atoms with Crippen molar-refractivity contribution >= 4 is 34.3 Å². The Morgan fingerprint density at radius 3 is 2.03 bits per heavy atom. The van der Waals surface area contributed by atoms with Crippen LogP contribution in [0.15, 0.2) is 35.4 Å². The molecule has 7 nitrogen and oxygen atoms in total. The highest BCUT2D eigenvalue weighted by atomic mass is 15.4. The average Bonchev–Trinajstić information content (AvgIpc) is 3.33. The highest BCUT2D eigenvalue weighted by Gasteiger charge is 2.21. The first-order valence-electron chi connectivity index (χ1n) is 12.9. The molecule has 1 N–H and O–H groups in total. The number of rotatable bonds is 5. The molecule has 34 heavy (non-hydrogen) atoms. The van der Waals surface area contributed by atoms with E-state index in [1.165, 1.54) is 60.4 Å². The second-order valence-electron chi connectivity index (χ2n) is 9.78. The highest BCUT2D eigenvalue weighted by molar-refractivity contribution is 6.11. The molecule has 2 fully saturated rings. The SMILES string of the molecule is C/C(=N/Nc1nc(N2CCCCC2)nc(N2CCCCC2)n1)c1ccc2c3c(cccc13)CC2. The number of hydrogen-bond acceptors (Lipinski definition) is 7.